The molecule has 2 aromatic carbocycles. The number of nitrogens with one attached hydrogen (secondary N) is 1. The van der Waals surface area contributed by atoms with Crippen LogP contribution in [-0.2, 0) is 19.1 Å². The minimum absolute atomic E-state index is 0.0230. The number of amides is 1. The molecule has 0 unspecified atom stereocenters. The van der Waals surface area contributed by atoms with Crippen molar-refractivity contribution in [3.05, 3.63) is 71.3 Å². The first kappa shape index (κ1) is 21.8. The van der Waals surface area contributed by atoms with E-state index in [2.05, 4.69) is 5.32 Å². The van der Waals surface area contributed by atoms with Gasteiger partial charge in [0.05, 0.1) is 17.6 Å². The highest BCUT2D eigenvalue weighted by atomic mass is 32.2. The first-order valence-electron chi connectivity index (χ1n) is 8.53. The summed E-state index contributed by atoms with van der Waals surface area (Å²) < 4.78 is 36.2. The molecule has 8 heteroatoms. The van der Waals surface area contributed by atoms with E-state index >= 15 is 0 Å². The Hall–Kier alpha value is -2.45. The largest absolute Gasteiger partial charge is 0.455 e. The molecule has 2 rings (SSSR count). The molecule has 0 saturated heterocycles. The quantitative estimate of drug-likeness (QED) is 0.483. The fourth-order valence-corrected chi connectivity index (χ4v) is 3.43. The highest BCUT2D eigenvalue weighted by molar-refractivity contribution is 8.00. The van der Waals surface area contributed by atoms with E-state index in [-0.39, 0.29) is 29.2 Å². The first-order chi connectivity index (χ1) is 13.5. The van der Waals surface area contributed by atoms with Crippen LogP contribution in [0.15, 0.2) is 48.5 Å². The number of hydrogen-bond acceptors (Lipinski definition) is 5. The lowest BCUT2D eigenvalue weighted by Crippen LogP contribution is -2.31. The van der Waals surface area contributed by atoms with Crippen molar-refractivity contribution in [2.75, 3.05) is 32.6 Å². The zero-order valence-electron chi connectivity index (χ0n) is 15.3. The van der Waals surface area contributed by atoms with E-state index in [0.29, 0.717) is 13.2 Å². The minimum atomic E-state index is -0.555. The van der Waals surface area contributed by atoms with Gasteiger partial charge in [-0.1, -0.05) is 24.3 Å². The number of halogens is 2. The van der Waals surface area contributed by atoms with Crippen LogP contribution in [0.3, 0.4) is 0 Å². The fourth-order valence-electron chi connectivity index (χ4n) is 2.34. The van der Waals surface area contributed by atoms with Gasteiger partial charge in [-0.2, -0.15) is 0 Å². The molecule has 0 aromatic heterocycles. The molecular weight excluding hydrogens is 388 g/mol. The van der Waals surface area contributed by atoms with Crippen molar-refractivity contribution in [2.24, 2.45) is 0 Å². The molecule has 5 nitrogen and oxygen atoms in total. The van der Waals surface area contributed by atoms with Gasteiger partial charge in [-0.3, -0.25) is 9.59 Å². The van der Waals surface area contributed by atoms with E-state index in [1.807, 2.05) is 0 Å². The van der Waals surface area contributed by atoms with Crippen LogP contribution in [0.4, 0.5) is 8.78 Å². The SMILES string of the molecule is COCCNC(=O)COC(=O)CSC(c1ccc(F)cc1)c1ccc(F)cc1. The van der Waals surface area contributed by atoms with Crippen LogP contribution in [-0.4, -0.2) is 44.5 Å². The van der Waals surface area contributed by atoms with Crippen LogP contribution in [0, 0.1) is 11.6 Å². The van der Waals surface area contributed by atoms with Gasteiger partial charge in [-0.05, 0) is 35.4 Å². The Balaban J connectivity index is 1.95. The van der Waals surface area contributed by atoms with Crippen molar-refractivity contribution in [1.29, 1.82) is 0 Å². The summed E-state index contributed by atoms with van der Waals surface area (Å²) in [5, 5.41) is 2.23. The normalized spacial score (nSPS) is 10.7. The number of ether oxygens (including phenoxy) is 2. The Kier molecular flexibility index (Phi) is 8.90. The molecular formula is C20H21F2NO4S. The molecule has 0 spiro atoms. The highest BCUT2D eigenvalue weighted by Gasteiger charge is 2.18. The summed E-state index contributed by atoms with van der Waals surface area (Å²) in [6.45, 7) is 0.326. The molecule has 0 radical (unpaired) electrons. The summed E-state index contributed by atoms with van der Waals surface area (Å²) in [4.78, 5) is 23.5. The lowest BCUT2D eigenvalue weighted by atomic mass is 10.0. The van der Waals surface area contributed by atoms with Gasteiger partial charge in [0.2, 0.25) is 0 Å². The van der Waals surface area contributed by atoms with Crippen molar-refractivity contribution in [1.82, 2.24) is 5.32 Å². The second kappa shape index (κ2) is 11.4. The van der Waals surface area contributed by atoms with Crippen molar-refractivity contribution < 1.29 is 27.8 Å². The standard InChI is InChI=1S/C20H21F2NO4S/c1-26-11-10-23-18(24)12-27-19(25)13-28-20(14-2-6-16(21)7-3-14)15-4-8-17(22)9-5-15/h2-9,20H,10-13H2,1H3,(H,23,24). The van der Waals surface area contributed by atoms with Gasteiger partial charge in [0, 0.05) is 13.7 Å². The van der Waals surface area contributed by atoms with Gasteiger partial charge in [-0.25, -0.2) is 8.78 Å². The Morgan fingerprint density at radius 2 is 1.54 bits per heavy atom. The third kappa shape index (κ3) is 7.28. The predicted molar refractivity (Wildman–Crippen MR) is 103 cm³/mol. The smallest absolute Gasteiger partial charge is 0.316 e. The van der Waals surface area contributed by atoms with Crippen LogP contribution >= 0.6 is 11.8 Å². The van der Waals surface area contributed by atoms with E-state index in [1.54, 1.807) is 24.3 Å². The second-order valence-corrected chi connectivity index (χ2v) is 6.89. The summed E-state index contributed by atoms with van der Waals surface area (Å²) in [6.07, 6.45) is 0. The molecule has 0 aliphatic heterocycles. The van der Waals surface area contributed by atoms with Gasteiger partial charge < -0.3 is 14.8 Å². The number of carbonyl (C=O) groups is 2. The van der Waals surface area contributed by atoms with Gasteiger partial charge >= 0.3 is 5.97 Å². The molecule has 150 valence electrons. The molecule has 0 atom stereocenters. The number of carbonyl (C=O) groups excluding carboxylic acids is 2. The number of methoxy groups -OCH3 is 1. The molecule has 0 bridgehead atoms. The molecule has 1 N–H and O–H groups in total. The summed E-state index contributed by atoms with van der Waals surface area (Å²) in [5.74, 6) is -1.73. The van der Waals surface area contributed by atoms with Crippen molar-refractivity contribution in [3.63, 3.8) is 0 Å². The maximum absolute atomic E-state index is 13.2. The average molecular weight is 409 g/mol. The average Bonchev–Trinajstić information content (AvgIpc) is 2.69. The first-order valence-corrected chi connectivity index (χ1v) is 9.58. The van der Waals surface area contributed by atoms with E-state index in [4.69, 9.17) is 9.47 Å². The van der Waals surface area contributed by atoms with E-state index in [9.17, 15) is 18.4 Å². The zero-order chi connectivity index (χ0) is 20.4. The molecule has 0 aliphatic carbocycles. The van der Waals surface area contributed by atoms with E-state index in [1.165, 1.54) is 43.1 Å². The number of thioether (sulfide) groups is 1. The molecule has 0 fully saturated rings. The third-order valence-electron chi connectivity index (χ3n) is 3.71. The molecule has 0 heterocycles. The second-order valence-electron chi connectivity index (χ2n) is 5.80. The topological polar surface area (TPSA) is 64.6 Å². The summed E-state index contributed by atoms with van der Waals surface area (Å²) >= 11 is 1.25. The number of hydrogen-bond donors (Lipinski definition) is 1. The van der Waals surface area contributed by atoms with Crippen LogP contribution in [0.25, 0.3) is 0 Å². The molecule has 2 aromatic rings. The number of rotatable bonds is 10. The summed E-state index contributed by atoms with van der Waals surface area (Å²) in [5.41, 5.74) is 1.53. The van der Waals surface area contributed by atoms with Crippen LogP contribution in [0.5, 0.6) is 0 Å². The lowest BCUT2D eigenvalue weighted by Gasteiger charge is -2.17. The van der Waals surface area contributed by atoms with E-state index < -0.39 is 11.9 Å². The van der Waals surface area contributed by atoms with Crippen LogP contribution < -0.4 is 5.32 Å². The molecule has 1 amide bonds. The predicted octanol–water partition coefficient (Wildman–Crippen LogP) is 3.09. The van der Waals surface area contributed by atoms with Crippen molar-refractivity contribution >= 4 is 23.6 Å². The number of benzene rings is 2. The van der Waals surface area contributed by atoms with Crippen molar-refractivity contribution in [2.45, 2.75) is 5.25 Å². The van der Waals surface area contributed by atoms with Gasteiger partial charge in [-0.15, -0.1) is 11.8 Å². The van der Waals surface area contributed by atoms with Gasteiger partial charge in [0.15, 0.2) is 6.61 Å². The monoisotopic (exact) mass is 409 g/mol. The molecule has 0 aliphatic rings. The summed E-state index contributed by atoms with van der Waals surface area (Å²) in [7, 11) is 1.52. The van der Waals surface area contributed by atoms with Gasteiger partial charge in [0.1, 0.15) is 11.6 Å². The number of esters is 1. The molecule has 28 heavy (non-hydrogen) atoms. The Morgan fingerprint density at radius 1 is 1.00 bits per heavy atom. The zero-order valence-corrected chi connectivity index (χ0v) is 16.1. The minimum Gasteiger partial charge on any atom is -0.455 e. The van der Waals surface area contributed by atoms with Crippen LogP contribution in [0.2, 0.25) is 0 Å². The van der Waals surface area contributed by atoms with Gasteiger partial charge in [0.25, 0.3) is 5.91 Å². The van der Waals surface area contributed by atoms with E-state index in [0.717, 1.165) is 11.1 Å². The fraction of sp³-hybridized carbons (Fsp3) is 0.300. The maximum Gasteiger partial charge on any atom is 0.316 e. The molecule has 0 saturated carbocycles. The maximum atomic E-state index is 13.2. The third-order valence-corrected chi connectivity index (χ3v) is 4.99. The lowest BCUT2D eigenvalue weighted by molar-refractivity contribution is -0.145. The van der Waals surface area contributed by atoms with Crippen LogP contribution in [0.1, 0.15) is 16.4 Å². The van der Waals surface area contributed by atoms with Crippen molar-refractivity contribution in [3.8, 4) is 0 Å². The Morgan fingerprint density at radius 3 is 2.04 bits per heavy atom. The Bertz CT molecular complexity index is 723. The highest BCUT2D eigenvalue weighted by Crippen LogP contribution is 2.35. The Labute approximate surface area is 166 Å². The summed E-state index contributed by atoms with van der Waals surface area (Å²) in [6, 6.07) is 11.8.